The molecular weight excluding hydrogens is 240 g/mol. The lowest BCUT2D eigenvalue weighted by Gasteiger charge is -2.34. The van der Waals surface area contributed by atoms with Crippen molar-refractivity contribution in [3.63, 3.8) is 0 Å². The Morgan fingerprint density at radius 3 is 2.79 bits per heavy atom. The van der Waals surface area contributed by atoms with Gasteiger partial charge < -0.3 is 10.2 Å². The fraction of sp³-hybridized carbons (Fsp3) is 0.467. The molecule has 19 heavy (non-hydrogen) atoms. The lowest BCUT2D eigenvalue weighted by molar-refractivity contribution is -0.130. The molecule has 0 bridgehead atoms. The Labute approximate surface area is 112 Å². The minimum absolute atomic E-state index is 0.0669. The molecule has 1 amide bonds. The van der Waals surface area contributed by atoms with Crippen molar-refractivity contribution in [1.82, 2.24) is 4.90 Å². The van der Waals surface area contributed by atoms with Gasteiger partial charge in [0, 0.05) is 37.2 Å². The van der Waals surface area contributed by atoms with Crippen molar-refractivity contribution in [3.8, 4) is 0 Å². The number of likely N-dealkylation sites (tertiary alicyclic amines) is 1. The second kappa shape index (κ2) is 4.37. The lowest BCUT2D eigenvalue weighted by atomic mass is 9.87. The summed E-state index contributed by atoms with van der Waals surface area (Å²) in [7, 11) is 0. The van der Waals surface area contributed by atoms with Gasteiger partial charge in [-0.3, -0.25) is 9.59 Å². The average molecular weight is 258 g/mol. The van der Waals surface area contributed by atoms with Gasteiger partial charge in [0.1, 0.15) is 0 Å². The molecule has 2 aliphatic heterocycles. The molecule has 1 saturated heterocycles. The van der Waals surface area contributed by atoms with Crippen LogP contribution in [0.5, 0.6) is 0 Å². The largest absolute Gasteiger partial charge is 0.384 e. The van der Waals surface area contributed by atoms with Gasteiger partial charge in [-0.05, 0) is 37.1 Å². The molecule has 3 rings (SSSR count). The normalized spacial score (nSPS) is 24.4. The summed E-state index contributed by atoms with van der Waals surface area (Å²) >= 11 is 0. The molecule has 0 aromatic heterocycles. The first-order chi connectivity index (χ1) is 9.08. The van der Waals surface area contributed by atoms with Gasteiger partial charge in [-0.25, -0.2) is 0 Å². The van der Waals surface area contributed by atoms with Crippen LogP contribution in [-0.2, 0) is 4.79 Å². The highest BCUT2D eigenvalue weighted by Gasteiger charge is 2.40. The standard InChI is InChI=1S/C15H18N2O2/c1-9(18)11-3-4-14-13(7-11)15-12(8-16-14)5-6-17(15)10(2)19/h3-4,7,12,15-16H,5-6,8H2,1-2H3/t12-,15-/m0/s1. The second-order valence-corrected chi connectivity index (χ2v) is 5.45. The van der Waals surface area contributed by atoms with E-state index in [-0.39, 0.29) is 17.7 Å². The third-order valence-electron chi connectivity index (χ3n) is 4.26. The molecule has 0 spiro atoms. The van der Waals surface area contributed by atoms with Crippen molar-refractivity contribution in [2.24, 2.45) is 5.92 Å². The Morgan fingerprint density at radius 2 is 2.11 bits per heavy atom. The van der Waals surface area contributed by atoms with Crippen LogP contribution in [0.4, 0.5) is 5.69 Å². The van der Waals surface area contributed by atoms with Crippen LogP contribution in [0, 0.1) is 5.92 Å². The topological polar surface area (TPSA) is 49.4 Å². The molecule has 1 aromatic rings. The zero-order chi connectivity index (χ0) is 13.6. The van der Waals surface area contributed by atoms with Gasteiger partial charge in [0.25, 0.3) is 0 Å². The molecule has 0 saturated carbocycles. The van der Waals surface area contributed by atoms with Crippen molar-refractivity contribution in [3.05, 3.63) is 29.3 Å². The van der Waals surface area contributed by atoms with Crippen LogP contribution in [-0.4, -0.2) is 29.7 Å². The number of anilines is 1. The summed E-state index contributed by atoms with van der Waals surface area (Å²) < 4.78 is 0. The number of nitrogens with one attached hydrogen (secondary N) is 1. The highest BCUT2D eigenvalue weighted by Crippen LogP contribution is 2.43. The zero-order valence-electron chi connectivity index (χ0n) is 11.3. The van der Waals surface area contributed by atoms with Crippen LogP contribution >= 0.6 is 0 Å². The predicted octanol–water partition coefficient (Wildman–Crippen LogP) is 2.22. The average Bonchev–Trinajstić information content (AvgIpc) is 2.82. The third-order valence-corrected chi connectivity index (χ3v) is 4.26. The van der Waals surface area contributed by atoms with Gasteiger partial charge in [0.05, 0.1) is 6.04 Å². The van der Waals surface area contributed by atoms with Crippen molar-refractivity contribution in [1.29, 1.82) is 0 Å². The number of fused-ring (bicyclic) bond motifs is 3. The van der Waals surface area contributed by atoms with Gasteiger partial charge in [-0.15, -0.1) is 0 Å². The molecule has 0 unspecified atom stereocenters. The maximum Gasteiger partial charge on any atom is 0.219 e. The van der Waals surface area contributed by atoms with Crippen molar-refractivity contribution in [2.75, 3.05) is 18.4 Å². The van der Waals surface area contributed by atoms with Gasteiger partial charge >= 0.3 is 0 Å². The van der Waals surface area contributed by atoms with E-state index in [2.05, 4.69) is 5.32 Å². The Bertz CT molecular complexity index is 553. The molecule has 1 aromatic carbocycles. The molecule has 4 heteroatoms. The minimum atomic E-state index is 0.0669. The van der Waals surface area contributed by atoms with Gasteiger partial charge in [-0.2, -0.15) is 0 Å². The van der Waals surface area contributed by atoms with Crippen LogP contribution in [0.15, 0.2) is 18.2 Å². The quantitative estimate of drug-likeness (QED) is 0.786. The molecule has 2 aliphatic rings. The number of carbonyl (C=O) groups is 2. The smallest absolute Gasteiger partial charge is 0.219 e. The highest BCUT2D eigenvalue weighted by atomic mass is 16.2. The Morgan fingerprint density at radius 1 is 1.32 bits per heavy atom. The molecule has 2 atom stereocenters. The molecule has 4 nitrogen and oxygen atoms in total. The van der Waals surface area contributed by atoms with E-state index < -0.39 is 0 Å². The Kier molecular flexibility index (Phi) is 2.81. The van der Waals surface area contributed by atoms with Crippen molar-refractivity contribution in [2.45, 2.75) is 26.3 Å². The summed E-state index contributed by atoms with van der Waals surface area (Å²) in [5.41, 5.74) is 2.87. The maximum absolute atomic E-state index is 11.8. The van der Waals surface area contributed by atoms with Gasteiger partial charge in [-0.1, -0.05) is 0 Å². The first-order valence-corrected chi connectivity index (χ1v) is 6.74. The number of carbonyl (C=O) groups excluding carboxylic acids is 2. The van der Waals surface area contributed by atoms with Gasteiger partial charge in [0.15, 0.2) is 5.78 Å². The first-order valence-electron chi connectivity index (χ1n) is 6.74. The monoisotopic (exact) mass is 258 g/mol. The molecule has 0 radical (unpaired) electrons. The van der Waals surface area contributed by atoms with E-state index in [1.165, 1.54) is 0 Å². The van der Waals surface area contributed by atoms with Crippen LogP contribution in [0.1, 0.15) is 42.2 Å². The van der Waals surface area contributed by atoms with E-state index in [4.69, 9.17) is 0 Å². The highest BCUT2D eigenvalue weighted by molar-refractivity contribution is 5.95. The minimum Gasteiger partial charge on any atom is -0.384 e. The van der Waals surface area contributed by atoms with E-state index in [1.807, 2.05) is 23.1 Å². The van der Waals surface area contributed by atoms with E-state index >= 15 is 0 Å². The third kappa shape index (κ3) is 1.91. The second-order valence-electron chi connectivity index (χ2n) is 5.45. The van der Waals surface area contributed by atoms with Crippen molar-refractivity contribution < 1.29 is 9.59 Å². The van der Waals surface area contributed by atoms with Gasteiger partial charge in [0.2, 0.25) is 5.91 Å². The fourth-order valence-electron chi connectivity index (χ4n) is 3.27. The van der Waals surface area contributed by atoms with Crippen LogP contribution in [0.2, 0.25) is 0 Å². The molecular formula is C15H18N2O2. The van der Waals surface area contributed by atoms with E-state index in [0.29, 0.717) is 5.92 Å². The number of Topliss-reactive ketones (excluding diaryl/α,β-unsaturated/α-hetero) is 1. The Balaban J connectivity index is 2.07. The zero-order valence-corrected chi connectivity index (χ0v) is 11.3. The number of rotatable bonds is 1. The van der Waals surface area contributed by atoms with Crippen LogP contribution < -0.4 is 5.32 Å². The summed E-state index contributed by atoms with van der Waals surface area (Å²) in [6.07, 6.45) is 1.03. The fourth-order valence-corrected chi connectivity index (χ4v) is 3.27. The number of amides is 1. The molecule has 0 aliphatic carbocycles. The summed E-state index contributed by atoms with van der Waals surface area (Å²) in [5.74, 6) is 0.643. The maximum atomic E-state index is 11.8. The van der Waals surface area contributed by atoms with E-state index in [0.717, 1.165) is 36.3 Å². The van der Waals surface area contributed by atoms with Crippen LogP contribution in [0.25, 0.3) is 0 Å². The Hall–Kier alpha value is -1.84. The molecule has 1 N–H and O–H groups in total. The summed E-state index contributed by atoms with van der Waals surface area (Å²) in [4.78, 5) is 25.2. The van der Waals surface area contributed by atoms with Crippen LogP contribution in [0.3, 0.4) is 0 Å². The number of benzene rings is 1. The van der Waals surface area contributed by atoms with Crippen molar-refractivity contribution >= 4 is 17.4 Å². The number of hydrogen-bond acceptors (Lipinski definition) is 3. The SMILES string of the molecule is CC(=O)c1ccc2c(c1)[C@@H]1[C@@H](CCN1C(C)=O)CN2. The number of hydrogen-bond donors (Lipinski definition) is 1. The molecule has 2 heterocycles. The molecule has 1 fully saturated rings. The number of nitrogens with zero attached hydrogens (tertiary/aromatic N) is 1. The molecule has 100 valence electrons. The van der Waals surface area contributed by atoms with E-state index in [1.54, 1.807) is 13.8 Å². The first kappa shape index (κ1) is 12.2. The predicted molar refractivity (Wildman–Crippen MR) is 73.2 cm³/mol. The van der Waals surface area contributed by atoms with E-state index in [9.17, 15) is 9.59 Å². The summed E-state index contributed by atoms with van der Waals surface area (Å²) in [6, 6.07) is 5.89. The summed E-state index contributed by atoms with van der Waals surface area (Å²) in [6.45, 7) is 4.92. The summed E-state index contributed by atoms with van der Waals surface area (Å²) in [5, 5.41) is 3.41. The lowest BCUT2D eigenvalue weighted by Crippen LogP contribution is -2.34. The number of ketones is 1.